The molecule has 1 aliphatic carbocycles. The lowest BCUT2D eigenvalue weighted by molar-refractivity contribution is -0.117. The van der Waals surface area contributed by atoms with Crippen LogP contribution >= 0.6 is 24.0 Å². The molecule has 0 radical (unpaired) electrons. The van der Waals surface area contributed by atoms with Crippen LogP contribution in [0.3, 0.4) is 0 Å². The second-order valence-electron chi connectivity index (χ2n) is 7.82. The Labute approximate surface area is 162 Å². The molecule has 1 atom stereocenters. The van der Waals surface area contributed by atoms with E-state index in [2.05, 4.69) is 23.2 Å². The van der Waals surface area contributed by atoms with E-state index in [4.69, 9.17) is 12.2 Å². The Morgan fingerprint density at radius 1 is 1.23 bits per heavy atom. The third-order valence-electron chi connectivity index (χ3n) is 6.30. The lowest BCUT2D eigenvalue weighted by Gasteiger charge is -2.50. The van der Waals surface area contributed by atoms with Crippen molar-refractivity contribution in [2.75, 3.05) is 4.90 Å². The Morgan fingerprint density at radius 3 is 2.69 bits per heavy atom. The number of nitrogens with one attached hydrogen (secondary N) is 1. The van der Waals surface area contributed by atoms with Crippen molar-refractivity contribution in [3.63, 3.8) is 0 Å². The normalized spacial score (nSPS) is 29.3. The number of anilines is 1. The Hall–Kier alpha value is -1.66. The highest BCUT2D eigenvalue weighted by molar-refractivity contribution is 8.27. The summed E-state index contributed by atoms with van der Waals surface area (Å²) in [7, 11) is 0. The number of nitrogens with zero attached hydrogens (tertiary/aromatic N) is 1. The maximum atomic E-state index is 13.6. The third-order valence-corrected chi connectivity index (χ3v) is 7.53. The number of thiocarbonyl (C=S) groups is 1. The number of thioether (sulfide) groups is 1. The summed E-state index contributed by atoms with van der Waals surface area (Å²) >= 11 is 6.37. The maximum absolute atomic E-state index is 13.6. The molecule has 2 amide bonds. The predicted octanol–water partition coefficient (Wildman–Crippen LogP) is 4.10. The molecule has 4 nitrogen and oxygen atoms in total. The van der Waals surface area contributed by atoms with Crippen LogP contribution in [0.25, 0.3) is 5.57 Å². The van der Waals surface area contributed by atoms with Gasteiger partial charge in [0.05, 0.1) is 16.2 Å². The van der Waals surface area contributed by atoms with E-state index in [1.807, 2.05) is 12.1 Å². The molecule has 1 aromatic carbocycles. The van der Waals surface area contributed by atoms with Crippen molar-refractivity contribution in [1.29, 1.82) is 0 Å². The van der Waals surface area contributed by atoms with E-state index < -0.39 is 0 Å². The van der Waals surface area contributed by atoms with Gasteiger partial charge < -0.3 is 10.2 Å². The smallest absolute Gasteiger partial charge is 0.264 e. The van der Waals surface area contributed by atoms with Gasteiger partial charge in [0.25, 0.3) is 11.8 Å². The Bertz CT molecular complexity index is 899. The van der Waals surface area contributed by atoms with Gasteiger partial charge in [-0.3, -0.25) is 9.59 Å². The highest BCUT2D eigenvalue weighted by Gasteiger charge is 2.53. The minimum atomic E-state index is -0.244. The quantitative estimate of drug-likeness (QED) is 0.540. The van der Waals surface area contributed by atoms with Crippen molar-refractivity contribution >= 4 is 51.4 Å². The number of rotatable bonds is 0. The standard InChI is InChI=1S/C20H20N2O2S2/c1-11-10-20(8-3-2-4-9-20)22-15-12(11)6-5-7-13(15)14(18(22)24)16-17(23)21-19(25)26-16/h5-7,11H,2-4,8-10H2,1H3,(H,21,23,25)/b16-14-. The molecule has 5 rings (SSSR count). The van der Waals surface area contributed by atoms with E-state index >= 15 is 0 Å². The van der Waals surface area contributed by atoms with Gasteiger partial charge in [-0.25, -0.2) is 0 Å². The van der Waals surface area contributed by atoms with Crippen LogP contribution in [-0.2, 0) is 9.59 Å². The number of hydrogen-bond acceptors (Lipinski definition) is 4. The van der Waals surface area contributed by atoms with Crippen LogP contribution in [0.4, 0.5) is 5.69 Å². The van der Waals surface area contributed by atoms with Gasteiger partial charge in [-0.2, -0.15) is 0 Å². The van der Waals surface area contributed by atoms with Gasteiger partial charge in [0, 0.05) is 11.1 Å². The van der Waals surface area contributed by atoms with E-state index in [0.29, 0.717) is 20.7 Å². The van der Waals surface area contributed by atoms with E-state index in [9.17, 15) is 9.59 Å². The maximum Gasteiger partial charge on any atom is 0.264 e. The zero-order chi connectivity index (χ0) is 18.1. The minimum absolute atomic E-state index is 0.0106. The molecule has 1 saturated carbocycles. The van der Waals surface area contributed by atoms with Gasteiger partial charge >= 0.3 is 0 Å². The van der Waals surface area contributed by atoms with Crippen molar-refractivity contribution in [1.82, 2.24) is 5.32 Å². The van der Waals surface area contributed by atoms with Gasteiger partial charge in [0.1, 0.15) is 4.32 Å². The third kappa shape index (κ3) is 2.12. The van der Waals surface area contributed by atoms with E-state index in [1.165, 1.54) is 36.6 Å². The molecule has 3 aliphatic heterocycles. The summed E-state index contributed by atoms with van der Waals surface area (Å²) in [5.41, 5.74) is 3.63. The van der Waals surface area contributed by atoms with Crippen LogP contribution in [0.2, 0.25) is 0 Å². The molecule has 3 heterocycles. The van der Waals surface area contributed by atoms with Gasteiger partial charge in [-0.1, -0.05) is 68.4 Å². The molecular weight excluding hydrogens is 364 g/mol. The van der Waals surface area contributed by atoms with Crippen molar-refractivity contribution in [3.05, 3.63) is 34.2 Å². The highest BCUT2D eigenvalue weighted by Crippen LogP contribution is 2.56. The fraction of sp³-hybridized carbons (Fsp3) is 0.450. The van der Waals surface area contributed by atoms with Gasteiger partial charge in [0.2, 0.25) is 0 Å². The summed E-state index contributed by atoms with van der Waals surface area (Å²) < 4.78 is 0.428. The Morgan fingerprint density at radius 2 is 2.00 bits per heavy atom. The van der Waals surface area contributed by atoms with Crippen molar-refractivity contribution < 1.29 is 9.59 Å². The fourth-order valence-corrected chi connectivity index (χ4v) is 6.41. The monoisotopic (exact) mass is 384 g/mol. The molecule has 6 heteroatoms. The largest absolute Gasteiger partial charge is 0.307 e. The summed E-state index contributed by atoms with van der Waals surface area (Å²) in [6, 6.07) is 6.14. The SMILES string of the molecule is CC1CC2(CCCCC2)N2C(=O)/C(=C3\SC(=S)NC3=O)c3cccc1c32. The molecule has 1 saturated heterocycles. The molecule has 1 aromatic rings. The molecule has 2 fully saturated rings. The number of fused-ring (bicyclic) bond motifs is 1. The first kappa shape index (κ1) is 16.5. The average molecular weight is 385 g/mol. The van der Waals surface area contributed by atoms with Crippen molar-refractivity contribution in [3.8, 4) is 0 Å². The summed E-state index contributed by atoms with van der Waals surface area (Å²) in [6.45, 7) is 2.27. The second-order valence-corrected chi connectivity index (χ2v) is 9.51. The van der Waals surface area contributed by atoms with Gasteiger partial charge in [-0.15, -0.1) is 0 Å². The second kappa shape index (κ2) is 5.67. The average Bonchev–Trinajstić information content (AvgIpc) is 3.10. The molecule has 0 aromatic heterocycles. The molecule has 1 N–H and O–H groups in total. The zero-order valence-electron chi connectivity index (χ0n) is 14.6. The summed E-state index contributed by atoms with van der Waals surface area (Å²) in [5, 5.41) is 2.66. The Kier molecular flexibility index (Phi) is 3.60. The molecule has 1 spiro atoms. The van der Waals surface area contributed by atoms with Crippen LogP contribution in [0.5, 0.6) is 0 Å². The minimum Gasteiger partial charge on any atom is -0.307 e. The van der Waals surface area contributed by atoms with Crippen LogP contribution < -0.4 is 10.2 Å². The number of para-hydroxylation sites is 1. The molecule has 1 unspecified atom stereocenters. The molecule has 26 heavy (non-hydrogen) atoms. The zero-order valence-corrected chi connectivity index (χ0v) is 16.3. The first-order valence-corrected chi connectivity index (χ1v) is 10.5. The number of hydrogen-bond donors (Lipinski definition) is 1. The van der Waals surface area contributed by atoms with E-state index in [0.717, 1.165) is 30.5 Å². The summed E-state index contributed by atoms with van der Waals surface area (Å²) in [6.07, 6.45) is 6.69. The summed E-state index contributed by atoms with van der Waals surface area (Å²) in [5.74, 6) is 0.165. The first-order chi connectivity index (χ1) is 12.5. The van der Waals surface area contributed by atoms with Gasteiger partial charge in [-0.05, 0) is 30.7 Å². The number of benzene rings is 1. The molecule has 134 valence electrons. The number of carbonyl (C=O) groups excluding carboxylic acids is 2. The van der Waals surface area contributed by atoms with Gasteiger partial charge in [0.15, 0.2) is 0 Å². The fourth-order valence-electron chi connectivity index (χ4n) is 5.30. The van der Waals surface area contributed by atoms with Crippen molar-refractivity contribution in [2.24, 2.45) is 0 Å². The lowest BCUT2D eigenvalue weighted by atomic mass is 9.70. The van der Waals surface area contributed by atoms with Crippen LogP contribution in [0.15, 0.2) is 23.1 Å². The highest BCUT2D eigenvalue weighted by atomic mass is 32.2. The molecular formula is C20H20N2O2S2. The van der Waals surface area contributed by atoms with Crippen LogP contribution in [0, 0.1) is 0 Å². The number of carbonyl (C=O) groups is 2. The molecule has 4 aliphatic rings. The van der Waals surface area contributed by atoms with Crippen molar-refractivity contribution in [2.45, 2.75) is 56.9 Å². The number of amides is 2. The lowest BCUT2D eigenvalue weighted by Crippen LogP contribution is -2.54. The van der Waals surface area contributed by atoms with Crippen LogP contribution in [0.1, 0.15) is 62.5 Å². The Balaban J connectivity index is 1.76. The van der Waals surface area contributed by atoms with E-state index in [-0.39, 0.29) is 17.4 Å². The van der Waals surface area contributed by atoms with Crippen LogP contribution in [-0.4, -0.2) is 21.7 Å². The molecule has 0 bridgehead atoms. The first-order valence-electron chi connectivity index (χ1n) is 9.27. The predicted molar refractivity (Wildman–Crippen MR) is 108 cm³/mol. The summed E-state index contributed by atoms with van der Waals surface area (Å²) in [4.78, 5) is 28.6. The topological polar surface area (TPSA) is 49.4 Å². The van der Waals surface area contributed by atoms with E-state index in [1.54, 1.807) is 0 Å².